The molecule has 0 aliphatic carbocycles. The molecule has 0 unspecified atom stereocenters. The number of methoxy groups -OCH3 is 1. The Balaban J connectivity index is 1.57. The molecule has 1 aliphatic heterocycles. The zero-order chi connectivity index (χ0) is 25.7. The van der Waals surface area contributed by atoms with Crippen molar-refractivity contribution in [2.24, 2.45) is 0 Å². The molecule has 1 saturated heterocycles. The third kappa shape index (κ3) is 3.88. The lowest BCUT2D eigenvalue weighted by Crippen LogP contribution is -2.38. The second-order valence-electron chi connectivity index (χ2n) is 8.18. The zero-order valence-corrected chi connectivity index (χ0v) is 18.7. The summed E-state index contributed by atoms with van der Waals surface area (Å²) in [7, 11) is 1.27. The topological polar surface area (TPSA) is 65.2 Å². The lowest BCUT2D eigenvalue weighted by Gasteiger charge is -2.18. The third-order valence-electron chi connectivity index (χ3n) is 5.85. The van der Waals surface area contributed by atoms with Crippen molar-refractivity contribution in [2.75, 3.05) is 25.1 Å². The molecule has 1 aliphatic rings. The molecule has 3 heterocycles. The maximum Gasteiger partial charge on any atom is 0.329 e. The predicted octanol–water partition coefficient (Wildman–Crippen LogP) is 4.32. The van der Waals surface area contributed by atoms with Crippen molar-refractivity contribution in [1.82, 2.24) is 19.6 Å². The van der Waals surface area contributed by atoms with Crippen molar-refractivity contribution >= 4 is 5.69 Å². The Labute approximate surface area is 201 Å². The first-order chi connectivity index (χ1) is 17.1. The van der Waals surface area contributed by atoms with Crippen LogP contribution in [0.15, 0.2) is 71.8 Å². The molecular formula is C24H18F5N5O2. The average molecular weight is 503 g/mol. The molecule has 2 aromatic carbocycles. The number of alkyl halides is 4. The minimum atomic E-state index is -4.23. The van der Waals surface area contributed by atoms with Gasteiger partial charge >= 0.3 is 11.8 Å². The smallest absolute Gasteiger partial charge is 0.329 e. The Bertz CT molecular complexity index is 1470. The van der Waals surface area contributed by atoms with Crippen LogP contribution in [0.3, 0.4) is 0 Å². The number of benzene rings is 2. The number of hydrogen-bond acceptors (Lipinski definition) is 5. The van der Waals surface area contributed by atoms with E-state index in [0.717, 1.165) is 15.6 Å². The number of para-hydroxylation sites is 1. The summed E-state index contributed by atoms with van der Waals surface area (Å²) < 4.78 is 77.3. The van der Waals surface area contributed by atoms with Crippen LogP contribution in [-0.4, -0.2) is 51.6 Å². The zero-order valence-electron chi connectivity index (χ0n) is 18.7. The van der Waals surface area contributed by atoms with E-state index < -0.39 is 36.2 Å². The van der Waals surface area contributed by atoms with Crippen LogP contribution < -0.4 is 15.1 Å². The number of anilines is 1. The van der Waals surface area contributed by atoms with E-state index in [1.807, 2.05) is 6.07 Å². The van der Waals surface area contributed by atoms with E-state index in [4.69, 9.17) is 4.74 Å². The fourth-order valence-corrected chi connectivity index (χ4v) is 3.99. The van der Waals surface area contributed by atoms with Gasteiger partial charge in [0.25, 0.3) is 5.43 Å². The molecule has 0 radical (unpaired) electrons. The normalized spacial score (nSPS) is 16.3. The molecule has 0 atom stereocenters. The van der Waals surface area contributed by atoms with Crippen LogP contribution >= 0.6 is 0 Å². The van der Waals surface area contributed by atoms with E-state index in [-0.39, 0.29) is 22.8 Å². The van der Waals surface area contributed by atoms with E-state index in [1.54, 1.807) is 30.3 Å². The molecule has 5 rings (SSSR count). The molecule has 2 aromatic heterocycles. The number of ether oxygens (including phenoxy) is 1. The van der Waals surface area contributed by atoms with E-state index in [2.05, 4.69) is 10.2 Å². The highest BCUT2D eigenvalue weighted by Crippen LogP contribution is 2.42. The van der Waals surface area contributed by atoms with Crippen LogP contribution in [0.5, 0.6) is 5.75 Å². The summed E-state index contributed by atoms with van der Waals surface area (Å²) in [4.78, 5) is 13.7. The highest BCUT2D eigenvalue weighted by atomic mass is 19.3. The first-order valence-electron chi connectivity index (χ1n) is 10.7. The lowest BCUT2D eigenvalue weighted by atomic mass is 10.2. The standard InChI is InChI=1S/C24H18F5N5O2/c1-36-20-12-33(18-8-7-16(11-17(18)25)32-13-23(26,27)24(28,29)14-32)31-21(22(20)35)19-9-10-30-34(19)15-5-3-2-4-6-15/h2-12H,13-14H2,1H3. The van der Waals surface area contributed by atoms with Crippen LogP contribution in [0.25, 0.3) is 22.8 Å². The first-order valence-corrected chi connectivity index (χ1v) is 10.7. The Morgan fingerprint density at radius 1 is 0.944 bits per heavy atom. The molecule has 186 valence electrons. The fraction of sp³-hybridized carbons (Fsp3) is 0.208. The summed E-state index contributed by atoms with van der Waals surface area (Å²) in [5, 5.41) is 8.53. The van der Waals surface area contributed by atoms with Gasteiger partial charge in [-0.1, -0.05) is 18.2 Å². The van der Waals surface area contributed by atoms with Gasteiger partial charge in [-0.3, -0.25) is 4.79 Å². The average Bonchev–Trinajstić information content (AvgIpc) is 3.41. The second-order valence-corrected chi connectivity index (χ2v) is 8.18. The van der Waals surface area contributed by atoms with Crippen LogP contribution in [-0.2, 0) is 0 Å². The lowest BCUT2D eigenvalue weighted by molar-refractivity contribution is -0.172. The Morgan fingerprint density at radius 3 is 2.28 bits per heavy atom. The Morgan fingerprint density at radius 2 is 1.64 bits per heavy atom. The minimum Gasteiger partial charge on any atom is -0.491 e. The molecule has 36 heavy (non-hydrogen) atoms. The SMILES string of the molecule is COc1cn(-c2ccc(N3CC(F)(F)C(F)(F)C3)cc2F)nc(-c2ccnn2-c2ccccc2)c1=O. The molecule has 12 heteroatoms. The largest absolute Gasteiger partial charge is 0.491 e. The fourth-order valence-electron chi connectivity index (χ4n) is 3.99. The van der Waals surface area contributed by atoms with Gasteiger partial charge in [0.2, 0.25) is 0 Å². The monoisotopic (exact) mass is 503 g/mol. The van der Waals surface area contributed by atoms with Gasteiger partial charge < -0.3 is 9.64 Å². The third-order valence-corrected chi connectivity index (χ3v) is 5.85. The second kappa shape index (κ2) is 8.47. The van der Waals surface area contributed by atoms with E-state index in [1.165, 1.54) is 36.3 Å². The van der Waals surface area contributed by atoms with Gasteiger partial charge in [0.15, 0.2) is 17.3 Å². The van der Waals surface area contributed by atoms with E-state index in [9.17, 15) is 22.4 Å². The number of aromatic nitrogens is 4. The summed E-state index contributed by atoms with van der Waals surface area (Å²) in [6.07, 6.45) is 2.65. The highest BCUT2D eigenvalue weighted by molar-refractivity contribution is 5.60. The molecule has 0 saturated carbocycles. The molecular weight excluding hydrogens is 485 g/mol. The van der Waals surface area contributed by atoms with Gasteiger partial charge in [-0.2, -0.15) is 27.8 Å². The molecule has 0 amide bonds. The van der Waals surface area contributed by atoms with Crippen molar-refractivity contribution in [2.45, 2.75) is 11.8 Å². The number of hydrogen-bond donors (Lipinski definition) is 0. The van der Waals surface area contributed by atoms with Gasteiger partial charge in [-0.05, 0) is 36.4 Å². The quantitative estimate of drug-likeness (QED) is 0.380. The van der Waals surface area contributed by atoms with Crippen LogP contribution in [0.1, 0.15) is 0 Å². The first kappa shape index (κ1) is 23.5. The Kier molecular flexibility index (Phi) is 5.53. The van der Waals surface area contributed by atoms with Crippen molar-refractivity contribution < 1.29 is 26.7 Å². The van der Waals surface area contributed by atoms with Crippen LogP contribution in [0.4, 0.5) is 27.6 Å². The van der Waals surface area contributed by atoms with Crippen molar-refractivity contribution in [3.05, 3.63) is 83.0 Å². The molecule has 7 nitrogen and oxygen atoms in total. The maximum absolute atomic E-state index is 15.1. The number of nitrogens with zero attached hydrogens (tertiary/aromatic N) is 5. The summed E-state index contributed by atoms with van der Waals surface area (Å²) in [6, 6.07) is 13.8. The summed E-state index contributed by atoms with van der Waals surface area (Å²) in [5.74, 6) is -9.52. The van der Waals surface area contributed by atoms with Gasteiger partial charge in [-0.25, -0.2) is 13.8 Å². The van der Waals surface area contributed by atoms with Crippen LogP contribution in [0, 0.1) is 5.82 Å². The van der Waals surface area contributed by atoms with Crippen molar-refractivity contribution in [3.63, 3.8) is 0 Å². The predicted molar refractivity (Wildman–Crippen MR) is 121 cm³/mol. The van der Waals surface area contributed by atoms with Gasteiger partial charge in [0.05, 0.1) is 44.0 Å². The van der Waals surface area contributed by atoms with E-state index in [0.29, 0.717) is 11.4 Å². The van der Waals surface area contributed by atoms with E-state index >= 15 is 4.39 Å². The number of halogens is 5. The maximum atomic E-state index is 15.1. The van der Waals surface area contributed by atoms with Gasteiger partial charge in [-0.15, -0.1) is 0 Å². The summed E-state index contributed by atoms with van der Waals surface area (Å²) >= 11 is 0. The summed E-state index contributed by atoms with van der Waals surface area (Å²) in [5.41, 5.74) is 0.0357. The Hall–Kier alpha value is -4.22. The van der Waals surface area contributed by atoms with Crippen LogP contribution in [0.2, 0.25) is 0 Å². The number of rotatable bonds is 5. The molecule has 0 spiro atoms. The molecule has 4 aromatic rings. The molecule has 1 fully saturated rings. The highest BCUT2D eigenvalue weighted by Gasteiger charge is 2.63. The molecule has 0 N–H and O–H groups in total. The minimum absolute atomic E-state index is 0.0852. The van der Waals surface area contributed by atoms with Gasteiger partial charge in [0, 0.05) is 5.69 Å². The summed E-state index contributed by atoms with van der Waals surface area (Å²) in [6.45, 7) is -2.48. The van der Waals surface area contributed by atoms with Crippen molar-refractivity contribution in [1.29, 1.82) is 0 Å². The molecule has 0 bridgehead atoms. The van der Waals surface area contributed by atoms with Crippen molar-refractivity contribution in [3.8, 4) is 28.5 Å². The van der Waals surface area contributed by atoms with Gasteiger partial charge in [0.1, 0.15) is 5.69 Å².